The number of ether oxygens (including phenoxy) is 2. The van der Waals surface area contributed by atoms with Crippen LogP contribution in [0.3, 0.4) is 0 Å². The molecule has 0 heterocycles. The van der Waals surface area contributed by atoms with Gasteiger partial charge in [0, 0.05) is 31.2 Å². The van der Waals surface area contributed by atoms with Gasteiger partial charge >= 0.3 is 0 Å². The number of amides is 1. The molecule has 0 aliphatic rings. The summed E-state index contributed by atoms with van der Waals surface area (Å²) in [5.41, 5.74) is 4.50. The predicted molar refractivity (Wildman–Crippen MR) is 123 cm³/mol. The topological polar surface area (TPSA) is 59.9 Å². The lowest BCUT2D eigenvalue weighted by atomic mass is 10.2. The Balaban J connectivity index is 1.58. The van der Waals surface area contributed by atoms with Crippen molar-refractivity contribution in [2.75, 3.05) is 7.11 Å². The van der Waals surface area contributed by atoms with Crippen LogP contribution >= 0.6 is 39.1 Å². The average Bonchev–Trinajstić information content (AvgIpc) is 2.73. The maximum atomic E-state index is 12.3. The monoisotopic (exact) mass is 506 g/mol. The highest BCUT2D eigenvalue weighted by molar-refractivity contribution is 9.10. The molecule has 30 heavy (non-hydrogen) atoms. The molecule has 0 saturated heterocycles. The minimum absolute atomic E-state index is 0.292. The summed E-state index contributed by atoms with van der Waals surface area (Å²) in [6, 6.07) is 17.5. The molecule has 0 spiro atoms. The third-order valence-electron chi connectivity index (χ3n) is 4.09. The summed E-state index contributed by atoms with van der Waals surface area (Å²) in [5, 5.41) is 5.11. The van der Waals surface area contributed by atoms with Crippen molar-refractivity contribution in [3.63, 3.8) is 0 Å². The fourth-order valence-corrected chi connectivity index (χ4v) is 3.38. The number of hydrogen-bond donors (Lipinski definition) is 1. The van der Waals surface area contributed by atoms with E-state index in [9.17, 15) is 4.79 Å². The summed E-state index contributed by atoms with van der Waals surface area (Å²) < 4.78 is 11.9. The van der Waals surface area contributed by atoms with E-state index in [0.29, 0.717) is 33.7 Å². The summed E-state index contributed by atoms with van der Waals surface area (Å²) >= 11 is 15.4. The van der Waals surface area contributed by atoms with Crippen LogP contribution < -0.4 is 14.9 Å². The number of rotatable bonds is 7. The van der Waals surface area contributed by atoms with Gasteiger partial charge in [-0.15, -0.1) is 0 Å². The molecule has 1 amide bonds. The van der Waals surface area contributed by atoms with Crippen molar-refractivity contribution < 1.29 is 14.3 Å². The molecule has 0 aromatic heterocycles. The van der Waals surface area contributed by atoms with Crippen LogP contribution in [0.4, 0.5) is 0 Å². The van der Waals surface area contributed by atoms with Crippen molar-refractivity contribution in [3.8, 4) is 11.5 Å². The largest absolute Gasteiger partial charge is 0.496 e. The fraction of sp³-hybridized carbons (Fsp3) is 0.0909. The first-order chi connectivity index (χ1) is 14.5. The van der Waals surface area contributed by atoms with E-state index in [1.807, 2.05) is 24.3 Å². The molecule has 0 saturated carbocycles. The van der Waals surface area contributed by atoms with Crippen molar-refractivity contribution in [1.29, 1.82) is 0 Å². The fourth-order valence-electron chi connectivity index (χ4n) is 2.53. The summed E-state index contributed by atoms with van der Waals surface area (Å²) in [6.45, 7) is 0.292. The number of hydrogen-bond acceptors (Lipinski definition) is 4. The van der Waals surface area contributed by atoms with Crippen molar-refractivity contribution in [2.24, 2.45) is 5.10 Å². The molecule has 0 fully saturated rings. The number of carbonyl (C=O) groups is 1. The average molecular weight is 508 g/mol. The minimum Gasteiger partial charge on any atom is -0.496 e. The number of carbonyl (C=O) groups excluding carboxylic acids is 1. The van der Waals surface area contributed by atoms with Gasteiger partial charge in [0.15, 0.2) is 0 Å². The van der Waals surface area contributed by atoms with Crippen LogP contribution in [0.15, 0.2) is 70.2 Å². The van der Waals surface area contributed by atoms with Crippen LogP contribution in [-0.2, 0) is 6.61 Å². The predicted octanol–water partition coefficient (Wildman–Crippen LogP) is 6.11. The molecule has 0 radical (unpaired) electrons. The van der Waals surface area contributed by atoms with E-state index in [2.05, 4.69) is 26.5 Å². The van der Waals surface area contributed by atoms with Gasteiger partial charge < -0.3 is 9.47 Å². The van der Waals surface area contributed by atoms with E-state index in [4.69, 9.17) is 32.7 Å². The summed E-state index contributed by atoms with van der Waals surface area (Å²) in [7, 11) is 1.57. The zero-order chi connectivity index (χ0) is 21.5. The smallest absolute Gasteiger partial charge is 0.271 e. The van der Waals surface area contributed by atoms with Gasteiger partial charge in [-0.2, -0.15) is 5.10 Å². The van der Waals surface area contributed by atoms with Gasteiger partial charge in [-0.05, 0) is 54.6 Å². The molecule has 3 aromatic rings. The second kappa shape index (κ2) is 10.5. The Labute approximate surface area is 192 Å². The van der Waals surface area contributed by atoms with E-state index in [1.165, 1.54) is 6.21 Å². The number of hydrazone groups is 1. The number of halogens is 3. The van der Waals surface area contributed by atoms with Gasteiger partial charge in [0.2, 0.25) is 0 Å². The van der Waals surface area contributed by atoms with Gasteiger partial charge in [0.1, 0.15) is 18.1 Å². The van der Waals surface area contributed by atoms with E-state index in [-0.39, 0.29) is 5.91 Å². The van der Waals surface area contributed by atoms with Crippen molar-refractivity contribution in [3.05, 3.63) is 91.9 Å². The van der Waals surface area contributed by atoms with Gasteiger partial charge in [-0.1, -0.05) is 45.2 Å². The lowest BCUT2D eigenvalue weighted by Crippen LogP contribution is -2.17. The molecule has 8 heteroatoms. The second-order valence-electron chi connectivity index (χ2n) is 6.13. The SMILES string of the molecule is COc1ccc(Br)cc1/C=N/NC(=O)c1ccc(OCc2ccc(Cl)cc2Cl)cc1. The van der Waals surface area contributed by atoms with E-state index >= 15 is 0 Å². The highest BCUT2D eigenvalue weighted by Crippen LogP contribution is 2.23. The van der Waals surface area contributed by atoms with Crippen molar-refractivity contribution in [2.45, 2.75) is 6.61 Å². The first kappa shape index (κ1) is 22.2. The van der Waals surface area contributed by atoms with Crippen LogP contribution in [0.2, 0.25) is 10.0 Å². The normalized spacial score (nSPS) is 10.8. The first-order valence-electron chi connectivity index (χ1n) is 8.80. The molecule has 0 atom stereocenters. The van der Waals surface area contributed by atoms with Crippen LogP contribution in [0.5, 0.6) is 11.5 Å². The molecule has 5 nitrogen and oxygen atoms in total. The standard InChI is InChI=1S/C22H17BrCl2N2O3/c1-29-21-9-5-17(23)10-16(21)12-26-27-22(28)14-3-7-19(8-4-14)30-13-15-2-6-18(24)11-20(15)25/h2-12H,13H2,1H3,(H,27,28)/b26-12+. The second-order valence-corrected chi connectivity index (χ2v) is 7.89. The molecular formula is C22H17BrCl2N2O3. The lowest BCUT2D eigenvalue weighted by Gasteiger charge is -2.09. The molecule has 1 N–H and O–H groups in total. The van der Waals surface area contributed by atoms with Crippen LogP contribution in [-0.4, -0.2) is 19.2 Å². The Hall–Kier alpha value is -2.54. The van der Waals surface area contributed by atoms with Crippen LogP contribution in [0, 0.1) is 0 Å². The maximum Gasteiger partial charge on any atom is 0.271 e. The highest BCUT2D eigenvalue weighted by Gasteiger charge is 2.07. The lowest BCUT2D eigenvalue weighted by molar-refractivity contribution is 0.0955. The van der Waals surface area contributed by atoms with Gasteiger partial charge in [0.05, 0.1) is 13.3 Å². The quantitative estimate of drug-likeness (QED) is 0.310. The molecule has 0 bridgehead atoms. The summed E-state index contributed by atoms with van der Waals surface area (Å²) in [4.78, 5) is 12.3. The van der Waals surface area contributed by atoms with E-state index in [0.717, 1.165) is 15.6 Å². The van der Waals surface area contributed by atoms with Crippen molar-refractivity contribution in [1.82, 2.24) is 5.43 Å². The number of benzene rings is 3. The zero-order valence-corrected chi connectivity index (χ0v) is 19.0. The van der Waals surface area contributed by atoms with Gasteiger partial charge in [0.25, 0.3) is 5.91 Å². The highest BCUT2D eigenvalue weighted by atomic mass is 79.9. The summed E-state index contributed by atoms with van der Waals surface area (Å²) in [6.07, 6.45) is 1.52. The molecule has 0 aliphatic carbocycles. The Kier molecular flexibility index (Phi) is 7.74. The molecule has 0 aliphatic heterocycles. The summed E-state index contributed by atoms with van der Waals surface area (Å²) in [5.74, 6) is 0.922. The number of methoxy groups -OCH3 is 1. The van der Waals surface area contributed by atoms with Crippen LogP contribution in [0.25, 0.3) is 0 Å². The maximum absolute atomic E-state index is 12.3. The Morgan fingerprint density at radius 2 is 1.87 bits per heavy atom. The Morgan fingerprint density at radius 3 is 2.57 bits per heavy atom. The van der Waals surface area contributed by atoms with Crippen molar-refractivity contribution >= 4 is 51.3 Å². The molecule has 154 valence electrons. The molecular weight excluding hydrogens is 491 g/mol. The third kappa shape index (κ3) is 5.98. The third-order valence-corrected chi connectivity index (χ3v) is 5.17. The van der Waals surface area contributed by atoms with E-state index < -0.39 is 0 Å². The van der Waals surface area contributed by atoms with Gasteiger partial charge in [-0.3, -0.25) is 4.79 Å². The number of nitrogens with one attached hydrogen (secondary N) is 1. The van der Waals surface area contributed by atoms with Gasteiger partial charge in [-0.25, -0.2) is 5.43 Å². The first-order valence-corrected chi connectivity index (χ1v) is 10.3. The molecule has 0 unspecified atom stereocenters. The number of nitrogens with zero attached hydrogens (tertiary/aromatic N) is 1. The minimum atomic E-state index is -0.340. The molecule has 3 rings (SSSR count). The Bertz CT molecular complexity index is 1070. The zero-order valence-electron chi connectivity index (χ0n) is 15.9. The molecule has 3 aromatic carbocycles. The Morgan fingerprint density at radius 1 is 1.10 bits per heavy atom. The van der Waals surface area contributed by atoms with Crippen LogP contribution in [0.1, 0.15) is 21.5 Å². The van der Waals surface area contributed by atoms with E-state index in [1.54, 1.807) is 43.5 Å².